The second kappa shape index (κ2) is 11.0. The van der Waals surface area contributed by atoms with Gasteiger partial charge in [-0.1, -0.05) is 12.1 Å². The Balaban J connectivity index is 1.86. The number of hydrogen-bond donors (Lipinski definition) is 4. The molecule has 3 atom stereocenters. The Morgan fingerprint density at radius 1 is 1.26 bits per heavy atom. The first kappa shape index (κ1) is 29.0. The Labute approximate surface area is 215 Å². The van der Waals surface area contributed by atoms with E-state index in [1.165, 1.54) is 38.6 Å². The van der Waals surface area contributed by atoms with Crippen LogP contribution in [0.2, 0.25) is 0 Å². The van der Waals surface area contributed by atoms with E-state index in [9.17, 15) is 27.6 Å². The number of carbonyl (C=O) groups is 1. The fraction of sp³-hybridized carbons (Fsp3) is 0.409. The molecule has 0 spiro atoms. The van der Waals surface area contributed by atoms with Crippen molar-refractivity contribution < 1.29 is 32.4 Å². The van der Waals surface area contributed by atoms with Crippen molar-refractivity contribution in [3.63, 3.8) is 0 Å². The van der Waals surface area contributed by atoms with Crippen molar-refractivity contribution in [3.05, 3.63) is 48.0 Å². The van der Waals surface area contributed by atoms with Crippen molar-refractivity contribution in [3.8, 4) is 6.07 Å². The Bertz CT molecular complexity index is 1390. The molecule has 204 valence electrons. The van der Waals surface area contributed by atoms with Crippen LogP contribution in [0.15, 0.2) is 36.9 Å². The zero-order valence-corrected chi connectivity index (χ0v) is 21.5. The minimum Gasteiger partial charge on any atom is -0.480 e. The molecule has 2 heterocycles. The normalized spacial score (nSPS) is 15.5. The number of alkyl halides is 3. The Morgan fingerprint density at radius 2 is 1.92 bits per heavy atom. The van der Waals surface area contributed by atoms with E-state index < -0.39 is 43.6 Å². The molecule has 0 saturated carbocycles. The van der Waals surface area contributed by atoms with Gasteiger partial charge in [-0.15, -0.1) is 0 Å². The zero-order chi connectivity index (χ0) is 28.3. The number of carboxylic acids is 1. The average molecular weight is 554 g/mol. The molecule has 2 unspecified atom stereocenters. The molecule has 0 fully saturated rings. The van der Waals surface area contributed by atoms with Crippen LogP contribution in [-0.4, -0.2) is 54.8 Å². The number of anilines is 1. The summed E-state index contributed by atoms with van der Waals surface area (Å²) in [7, 11) is -4.39. The molecular weight excluding hydrogens is 528 g/mol. The monoisotopic (exact) mass is 554 g/mol. The summed E-state index contributed by atoms with van der Waals surface area (Å²) in [6, 6.07) is 3.91. The highest BCUT2D eigenvalue weighted by Gasteiger charge is 2.46. The van der Waals surface area contributed by atoms with Crippen LogP contribution in [-0.2, 0) is 20.6 Å². The summed E-state index contributed by atoms with van der Waals surface area (Å²) in [6.45, 7) is 4.04. The summed E-state index contributed by atoms with van der Waals surface area (Å²) < 4.78 is 63.3. The number of ether oxygens (including phenoxy) is 1. The van der Waals surface area contributed by atoms with Crippen LogP contribution in [0.1, 0.15) is 37.9 Å². The van der Waals surface area contributed by atoms with Crippen LogP contribution in [0.4, 0.5) is 19.0 Å². The van der Waals surface area contributed by atoms with Gasteiger partial charge in [0.1, 0.15) is 29.8 Å². The summed E-state index contributed by atoms with van der Waals surface area (Å²) >= 11 is 0. The minimum atomic E-state index is -4.92. The van der Waals surface area contributed by atoms with Crippen LogP contribution in [0.3, 0.4) is 0 Å². The molecule has 16 heteroatoms. The van der Waals surface area contributed by atoms with Gasteiger partial charge in [-0.2, -0.15) is 18.4 Å². The topological polar surface area (TPSA) is 181 Å². The number of nitrogens with two attached hydrogens (primary N) is 1. The van der Waals surface area contributed by atoms with Gasteiger partial charge in [0, 0.05) is 0 Å². The predicted molar refractivity (Wildman–Crippen MR) is 131 cm³/mol. The van der Waals surface area contributed by atoms with Crippen LogP contribution in [0.5, 0.6) is 0 Å². The lowest BCUT2D eigenvalue weighted by atomic mass is 10.1. The van der Waals surface area contributed by atoms with Gasteiger partial charge in [0.2, 0.25) is 7.44 Å². The molecule has 0 aliphatic rings. The molecule has 38 heavy (non-hydrogen) atoms. The minimum absolute atomic E-state index is 0.119. The summed E-state index contributed by atoms with van der Waals surface area (Å²) in [5.41, 5.74) is 4.48. The number of rotatable bonds is 11. The van der Waals surface area contributed by atoms with Crippen molar-refractivity contribution in [1.82, 2.24) is 29.7 Å². The number of nitriles is 1. The number of nitrogen functional groups attached to an aromatic ring is 1. The molecule has 0 radical (unpaired) electrons. The summed E-state index contributed by atoms with van der Waals surface area (Å²) in [6.07, 6.45) is -3.73. The van der Waals surface area contributed by atoms with Crippen molar-refractivity contribution in [2.45, 2.75) is 51.2 Å². The molecule has 12 nitrogen and oxygen atoms in total. The molecular formula is C22H26F3N8O4P. The third-order valence-corrected chi connectivity index (χ3v) is 7.57. The van der Waals surface area contributed by atoms with Gasteiger partial charge in [0.05, 0.1) is 30.6 Å². The average Bonchev–Trinajstić information content (AvgIpc) is 3.24. The quantitative estimate of drug-likeness (QED) is 0.256. The zero-order valence-electron chi connectivity index (χ0n) is 20.6. The molecule has 0 aliphatic heterocycles. The lowest BCUT2D eigenvalue weighted by Crippen LogP contribution is -2.49. The number of imidazole rings is 1. The maximum absolute atomic E-state index is 14.1. The van der Waals surface area contributed by atoms with Crippen LogP contribution < -0.4 is 15.9 Å². The van der Waals surface area contributed by atoms with Crippen molar-refractivity contribution in [1.29, 1.82) is 5.26 Å². The number of hydrogen-bond acceptors (Lipinski definition) is 8. The number of carboxylic acid groups (broad SMARTS) is 1. The maximum Gasteiger partial charge on any atom is 0.408 e. The van der Waals surface area contributed by atoms with Crippen LogP contribution in [0.25, 0.3) is 11.2 Å². The number of aromatic nitrogens is 4. The van der Waals surface area contributed by atoms with E-state index in [4.69, 9.17) is 15.7 Å². The Hall–Kier alpha value is -3.57. The van der Waals surface area contributed by atoms with Crippen molar-refractivity contribution in [2.75, 3.05) is 12.1 Å². The van der Waals surface area contributed by atoms with Gasteiger partial charge in [0.15, 0.2) is 11.5 Å². The number of aliphatic carboxylic acids is 1. The second-order valence-corrected chi connectivity index (χ2v) is 11.3. The summed E-state index contributed by atoms with van der Waals surface area (Å²) in [4.78, 5) is 23.8. The van der Waals surface area contributed by atoms with Gasteiger partial charge in [0.25, 0.3) is 0 Å². The molecule has 3 aromatic rings. The Morgan fingerprint density at radius 3 is 2.50 bits per heavy atom. The van der Waals surface area contributed by atoms with E-state index in [2.05, 4.69) is 25.1 Å². The number of nitrogens with one attached hydrogen (secondary N) is 2. The number of fused-ring (bicyclic) bond motifs is 1. The molecule has 2 aromatic heterocycles. The molecule has 0 aliphatic carbocycles. The molecule has 5 N–H and O–H groups in total. The van der Waals surface area contributed by atoms with E-state index in [0.717, 1.165) is 12.1 Å². The fourth-order valence-corrected chi connectivity index (χ4v) is 5.87. The van der Waals surface area contributed by atoms with Gasteiger partial charge >= 0.3 is 12.1 Å². The van der Waals surface area contributed by atoms with Crippen LogP contribution >= 0.6 is 7.44 Å². The number of halogens is 3. The lowest BCUT2D eigenvalue weighted by Gasteiger charge is -2.33. The van der Waals surface area contributed by atoms with Crippen LogP contribution in [0, 0.1) is 11.3 Å². The van der Waals surface area contributed by atoms with E-state index in [-0.39, 0.29) is 23.5 Å². The highest BCUT2D eigenvalue weighted by atomic mass is 31.2. The largest absolute Gasteiger partial charge is 0.480 e. The van der Waals surface area contributed by atoms with Gasteiger partial charge in [-0.3, -0.25) is 9.36 Å². The van der Waals surface area contributed by atoms with E-state index in [1.54, 1.807) is 11.5 Å². The van der Waals surface area contributed by atoms with E-state index in [0.29, 0.717) is 11.2 Å². The molecule has 0 saturated heterocycles. The second-order valence-electron chi connectivity index (χ2n) is 9.05. The highest BCUT2D eigenvalue weighted by Crippen LogP contribution is 2.46. The van der Waals surface area contributed by atoms with Gasteiger partial charge in [-0.25, -0.2) is 25.1 Å². The first-order chi connectivity index (χ1) is 17.6. The Kier molecular flexibility index (Phi) is 8.42. The van der Waals surface area contributed by atoms with Gasteiger partial charge < -0.3 is 20.1 Å². The lowest BCUT2D eigenvalue weighted by molar-refractivity contribution is -0.153. The van der Waals surface area contributed by atoms with Crippen molar-refractivity contribution >= 4 is 30.4 Å². The molecule has 1 aromatic carbocycles. The first-order valence-corrected chi connectivity index (χ1v) is 13.0. The number of benzene rings is 1. The van der Waals surface area contributed by atoms with Gasteiger partial charge in [-0.05, 0) is 38.5 Å². The van der Waals surface area contributed by atoms with Crippen molar-refractivity contribution in [2.24, 2.45) is 0 Å². The third-order valence-electron chi connectivity index (χ3n) is 5.46. The predicted octanol–water partition coefficient (Wildman–Crippen LogP) is 3.18. The smallest absolute Gasteiger partial charge is 0.408 e. The summed E-state index contributed by atoms with van der Waals surface area (Å²) in [5, 5.41) is 22.9. The number of nitrogens with zero attached hydrogens (tertiary/aromatic N) is 5. The SMILES string of the molecule is CC(Cn1cnc2c(N)ncnc21)OCP(=O)(N[C@@H](c1ccc(C#N)cc1)C(F)(F)F)NC(C)(C)C(=O)O. The highest BCUT2D eigenvalue weighted by molar-refractivity contribution is 7.59. The maximum atomic E-state index is 14.1. The molecule has 3 rings (SSSR count). The van der Waals surface area contributed by atoms with E-state index in [1.807, 2.05) is 6.07 Å². The fourth-order valence-electron chi connectivity index (χ4n) is 3.49. The first-order valence-electron chi connectivity index (χ1n) is 11.1. The standard InChI is InChI=1S/C22H26F3N8O4P/c1-13(9-33-11-30-16-18(27)28-10-29-19(16)33)37-12-38(36,32-21(2,3)20(34)35)31-17(22(23,24)25)15-6-4-14(8-26)5-7-15/h4-7,10-11,13,17H,9,12H2,1-3H3,(H,34,35)(H2,27,28,29)(H2,31,32,36)/t13?,17-,38?/m0/s1. The third kappa shape index (κ3) is 6.84. The summed E-state index contributed by atoms with van der Waals surface area (Å²) in [5.74, 6) is -1.27. The van der Waals surface area contributed by atoms with E-state index >= 15 is 0 Å². The molecule has 0 bridgehead atoms. The molecule has 0 amide bonds.